The Bertz CT molecular complexity index is 521. The zero-order valence-corrected chi connectivity index (χ0v) is 9.81. The van der Waals surface area contributed by atoms with E-state index in [0.717, 1.165) is 5.56 Å². The van der Waals surface area contributed by atoms with Gasteiger partial charge in [0.15, 0.2) is 5.82 Å². The summed E-state index contributed by atoms with van der Waals surface area (Å²) in [5.74, 6) is 0.370. The minimum atomic E-state index is -0.245. The molecule has 90 valence electrons. The number of nitrogen functional groups attached to an aromatic ring is 1. The van der Waals surface area contributed by atoms with Crippen molar-refractivity contribution in [1.82, 2.24) is 9.78 Å². The molecule has 17 heavy (non-hydrogen) atoms. The van der Waals surface area contributed by atoms with Gasteiger partial charge in [0.2, 0.25) is 0 Å². The molecule has 2 rings (SSSR count). The van der Waals surface area contributed by atoms with Crippen LogP contribution in [0.2, 0.25) is 0 Å². The van der Waals surface area contributed by atoms with Crippen molar-refractivity contribution in [3.63, 3.8) is 0 Å². The molecule has 0 fully saturated rings. The lowest BCUT2D eigenvalue weighted by Crippen LogP contribution is -2.08. The van der Waals surface area contributed by atoms with Gasteiger partial charge in [-0.2, -0.15) is 5.10 Å². The molecule has 0 saturated carbocycles. The maximum atomic E-state index is 13.1. The second kappa shape index (κ2) is 4.45. The van der Waals surface area contributed by atoms with Gasteiger partial charge < -0.3 is 11.1 Å². The van der Waals surface area contributed by atoms with Crippen molar-refractivity contribution in [2.45, 2.75) is 13.0 Å². The highest BCUT2D eigenvalue weighted by Gasteiger charge is 2.10. The minimum absolute atomic E-state index is 0.0529. The maximum Gasteiger partial charge on any atom is 0.171 e. The zero-order valence-electron chi connectivity index (χ0n) is 9.81. The van der Waals surface area contributed by atoms with Gasteiger partial charge in [-0.15, -0.1) is 0 Å². The van der Waals surface area contributed by atoms with Crippen LogP contribution in [0.1, 0.15) is 18.5 Å². The van der Waals surface area contributed by atoms with Crippen molar-refractivity contribution in [3.8, 4) is 0 Å². The standard InChI is InChI=1S/C12H15FN4/c1-8(9-4-3-5-10(13)6-9)15-12-11(14)7-17(2)16-12/h3-8H,14H2,1-2H3,(H,15,16). The second-order valence-corrected chi connectivity index (χ2v) is 4.03. The van der Waals surface area contributed by atoms with Gasteiger partial charge in [-0.3, -0.25) is 4.68 Å². The van der Waals surface area contributed by atoms with Crippen LogP contribution < -0.4 is 11.1 Å². The predicted molar refractivity (Wildman–Crippen MR) is 66.1 cm³/mol. The van der Waals surface area contributed by atoms with Crippen LogP contribution in [0.4, 0.5) is 15.9 Å². The molecule has 0 saturated heterocycles. The largest absolute Gasteiger partial charge is 0.394 e. The van der Waals surface area contributed by atoms with Crippen LogP contribution in [-0.2, 0) is 7.05 Å². The number of rotatable bonds is 3. The number of nitrogens with zero attached hydrogens (tertiary/aromatic N) is 2. The third-order valence-corrected chi connectivity index (χ3v) is 2.56. The molecule has 5 heteroatoms. The minimum Gasteiger partial charge on any atom is -0.394 e. The number of nitrogens with two attached hydrogens (primary N) is 1. The molecule has 0 amide bonds. The Morgan fingerprint density at radius 2 is 2.24 bits per heavy atom. The number of benzene rings is 1. The van der Waals surface area contributed by atoms with Crippen molar-refractivity contribution >= 4 is 11.5 Å². The molecule has 1 atom stereocenters. The highest BCUT2D eigenvalue weighted by molar-refractivity contribution is 5.60. The molecular formula is C12H15FN4. The van der Waals surface area contributed by atoms with E-state index in [4.69, 9.17) is 5.73 Å². The highest BCUT2D eigenvalue weighted by Crippen LogP contribution is 2.22. The summed E-state index contributed by atoms with van der Waals surface area (Å²) in [5.41, 5.74) is 7.21. The Kier molecular flexibility index (Phi) is 2.99. The molecule has 1 heterocycles. The van der Waals surface area contributed by atoms with Gasteiger partial charge in [0.1, 0.15) is 5.82 Å². The van der Waals surface area contributed by atoms with Crippen LogP contribution in [0.3, 0.4) is 0 Å². The number of halogens is 1. The van der Waals surface area contributed by atoms with E-state index >= 15 is 0 Å². The normalized spacial score (nSPS) is 12.4. The highest BCUT2D eigenvalue weighted by atomic mass is 19.1. The Morgan fingerprint density at radius 1 is 1.47 bits per heavy atom. The van der Waals surface area contributed by atoms with Crippen LogP contribution >= 0.6 is 0 Å². The Morgan fingerprint density at radius 3 is 2.82 bits per heavy atom. The molecule has 0 bridgehead atoms. The average Bonchev–Trinajstić information content (AvgIpc) is 2.57. The maximum absolute atomic E-state index is 13.1. The van der Waals surface area contributed by atoms with E-state index in [-0.39, 0.29) is 11.9 Å². The summed E-state index contributed by atoms with van der Waals surface area (Å²) in [5, 5.41) is 7.34. The predicted octanol–water partition coefficient (Wildman–Crippen LogP) is 2.31. The molecule has 2 aromatic rings. The summed E-state index contributed by atoms with van der Waals surface area (Å²) in [6.07, 6.45) is 1.72. The van der Waals surface area contributed by atoms with Gasteiger partial charge in [-0.1, -0.05) is 12.1 Å². The summed E-state index contributed by atoms with van der Waals surface area (Å²) in [7, 11) is 1.80. The smallest absolute Gasteiger partial charge is 0.171 e. The molecule has 0 radical (unpaired) electrons. The lowest BCUT2D eigenvalue weighted by molar-refractivity contribution is 0.623. The number of aryl methyl sites for hydroxylation is 1. The van der Waals surface area contributed by atoms with E-state index in [9.17, 15) is 4.39 Å². The third kappa shape index (κ3) is 2.55. The van der Waals surface area contributed by atoms with E-state index < -0.39 is 0 Å². The average molecular weight is 234 g/mol. The van der Waals surface area contributed by atoms with E-state index in [0.29, 0.717) is 11.5 Å². The Hall–Kier alpha value is -2.04. The molecule has 0 aliphatic carbocycles. The summed E-state index contributed by atoms with van der Waals surface area (Å²) in [4.78, 5) is 0. The van der Waals surface area contributed by atoms with Crippen LogP contribution in [-0.4, -0.2) is 9.78 Å². The Labute approximate surface area is 99.2 Å². The van der Waals surface area contributed by atoms with Crippen molar-refractivity contribution in [2.75, 3.05) is 11.1 Å². The van der Waals surface area contributed by atoms with Crippen molar-refractivity contribution in [3.05, 3.63) is 41.8 Å². The zero-order chi connectivity index (χ0) is 12.4. The molecule has 1 aromatic heterocycles. The van der Waals surface area contributed by atoms with E-state index in [1.54, 1.807) is 24.0 Å². The fourth-order valence-electron chi connectivity index (χ4n) is 1.68. The van der Waals surface area contributed by atoms with Gasteiger partial charge in [-0.05, 0) is 24.6 Å². The fraction of sp³-hybridized carbons (Fsp3) is 0.250. The molecule has 4 nitrogen and oxygen atoms in total. The molecule has 1 unspecified atom stereocenters. The molecule has 3 N–H and O–H groups in total. The molecular weight excluding hydrogens is 219 g/mol. The third-order valence-electron chi connectivity index (χ3n) is 2.56. The van der Waals surface area contributed by atoms with Crippen LogP contribution in [0.25, 0.3) is 0 Å². The summed E-state index contributed by atoms with van der Waals surface area (Å²) < 4.78 is 14.7. The fourth-order valence-corrected chi connectivity index (χ4v) is 1.68. The number of hydrogen-bond acceptors (Lipinski definition) is 3. The molecule has 0 spiro atoms. The Balaban J connectivity index is 2.16. The van der Waals surface area contributed by atoms with Crippen LogP contribution in [0.15, 0.2) is 30.5 Å². The first-order valence-electron chi connectivity index (χ1n) is 5.37. The summed E-state index contributed by atoms with van der Waals surface area (Å²) >= 11 is 0. The monoisotopic (exact) mass is 234 g/mol. The van der Waals surface area contributed by atoms with Gasteiger partial charge in [0.05, 0.1) is 11.7 Å². The van der Waals surface area contributed by atoms with E-state index in [1.165, 1.54) is 12.1 Å². The lowest BCUT2D eigenvalue weighted by atomic mass is 10.1. The second-order valence-electron chi connectivity index (χ2n) is 4.03. The van der Waals surface area contributed by atoms with E-state index in [1.807, 2.05) is 13.0 Å². The molecule has 1 aromatic carbocycles. The number of hydrogen-bond donors (Lipinski definition) is 2. The summed E-state index contributed by atoms with van der Waals surface area (Å²) in [6.45, 7) is 1.93. The summed E-state index contributed by atoms with van der Waals surface area (Å²) in [6, 6.07) is 6.41. The van der Waals surface area contributed by atoms with Crippen molar-refractivity contribution in [1.29, 1.82) is 0 Å². The first kappa shape index (κ1) is 11.4. The number of nitrogens with one attached hydrogen (secondary N) is 1. The van der Waals surface area contributed by atoms with Gasteiger partial charge in [-0.25, -0.2) is 4.39 Å². The van der Waals surface area contributed by atoms with E-state index in [2.05, 4.69) is 10.4 Å². The number of aromatic nitrogens is 2. The van der Waals surface area contributed by atoms with Crippen molar-refractivity contribution in [2.24, 2.45) is 7.05 Å². The quantitative estimate of drug-likeness (QED) is 0.856. The molecule has 0 aliphatic heterocycles. The first-order valence-corrected chi connectivity index (χ1v) is 5.37. The van der Waals surface area contributed by atoms with Crippen LogP contribution in [0.5, 0.6) is 0 Å². The molecule has 0 aliphatic rings. The lowest BCUT2D eigenvalue weighted by Gasteiger charge is -2.14. The van der Waals surface area contributed by atoms with Gasteiger partial charge in [0, 0.05) is 13.2 Å². The first-order chi connectivity index (χ1) is 8.06. The van der Waals surface area contributed by atoms with Crippen LogP contribution in [0, 0.1) is 5.82 Å². The van der Waals surface area contributed by atoms with Gasteiger partial charge >= 0.3 is 0 Å². The van der Waals surface area contributed by atoms with Gasteiger partial charge in [0.25, 0.3) is 0 Å². The topological polar surface area (TPSA) is 55.9 Å². The SMILES string of the molecule is CC(Nc1nn(C)cc1N)c1cccc(F)c1. The number of anilines is 2. The van der Waals surface area contributed by atoms with Crippen molar-refractivity contribution < 1.29 is 4.39 Å².